The van der Waals surface area contributed by atoms with Crippen LogP contribution in [0.1, 0.15) is 0 Å². The van der Waals surface area contributed by atoms with E-state index in [0.29, 0.717) is 17.2 Å². The normalized spacial score (nSPS) is 11.3. The minimum absolute atomic E-state index is 0.142. The summed E-state index contributed by atoms with van der Waals surface area (Å²) < 4.78 is 15.9. The standard InChI is InChI=1S/C25H21O6P/c1-29-16-4-10-19(11-5-16)32(25-23(27)22(26)24(25)28,20-12-6-17(30-2)7-13-20)21-14-8-18(31-3)9-15-21/h4-15H,1-3H3/p+1. The lowest BCUT2D eigenvalue weighted by molar-refractivity contribution is 0.415. The first-order valence-corrected chi connectivity index (χ1v) is 11.6. The van der Waals surface area contributed by atoms with Crippen LogP contribution in [0.15, 0.2) is 82.4 Å². The Bertz CT molecular complexity index is 1190. The fraction of sp³-hybridized carbons (Fsp3) is 0.120. The summed E-state index contributed by atoms with van der Waals surface area (Å²) in [7, 11) is 1.82. The minimum Gasteiger partial charge on any atom is -0.501 e. The molecule has 0 aliphatic heterocycles. The molecule has 0 fully saturated rings. The van der Waals surface area contributed by atoms with Gasteiger partial charge in [-0.3, -0.25) is 9.59 Å². The molecule has 0 saturated heterocycles. The maximum Gasteiger partial charge on any atom is 0.276 e. The number of rotatable bonds is 7. The Kier molecular flexibility index (Phi) is 5.72. The van der Waals surface area contributed by atoms with E-state index >= 15 is 0 Å². The topological polar surface area (TPSA) is 82.1 Å². The van der Waals surface area contributed by atoms with Crippen LogP contribution >= 0.6 is 7.26 Å². The maximum absolute atomic E-state index is 12.9. The van der Waals surface area contributed by atoms with E-state index in [2.05, 4.69) is 0 Å². The van der Waals surface area contributed by atoms with E-state index in [0.717, 1.165) is 15.9 Å². The predicted octanol–water partition coefficient (Wildman–Crippen LogP) is 1.63. The largest absolute Gasteiger partial charge is 0.501 e. The highest BCUT2D eigenvalue weighted by molar-refractivity contribution is 8.01. The van der Waals surface area contributed by atoms with Gasteiger partial charge in [0.2, 0.25) is 11.1 Å². The molecule has 0 saturated carbocycles. The van der Waals surface area contributed by atoms with Crippen molar-refractivity contribution in [3.8, 4) is 23.0 Å². The Morgan fingerprint density at radius 2 is 0.875 bits per heavy atom. The third-order valence-corrected chi connectivity index (χ3v) is 9.88. The summed E-state index contributed by atoms with van der Waals surface area (Å²) in [6.07, 6.45) is 0. The van der Waals surface area contributed by atoms with Gasteiger partial charge in [-0.25, -0.2) is 0 Å². The van der Waals surface area contributed by atoms with E-state index < -0.39 is 23.9 Å². The zero-order valence-electron chi connectivity index (χ0n) is 17.9. The van der Waals surface area contributed by atoms with Crippen molar-refractivity contribution in [3.63, 3.8) is 0 Å². The van der Waals surface area contributed by atoms with Crippen LogP contribution in [0.4, 0.5) is 0 Å². The Balaban J connectivity index is 2.11. The molecule has 7 heteroatoms. The monoisotopic (exact) mass is 449 g/mol. The summed E-state index contributed by atoms with van der Waals surface area (Å²) in [5.74, 6) is 1.49. The highest BCUT2D eigenvalue weighted by Crippen LogP contribution is 2.55. The third-order valence-electron chi connectivity index (χ3n) is 5.58. The van der Waals surface area contributed by atoms with Gasteiger partial charge in [-0.2, -0.15) is 0 Å². The van der Waals surface area contributed by atoms with Gasteiger partial charge in [0.25, 0.3) is 10.9 Å². The molecule has 0 aliphatic carbocycles. The van der Waals surface area contributed by atoms with Crippen LogP contribution < -0.4 is 46.3 Å². The lowest BCUT2D eigenvalue weighted by Crippen LogP contribution is -2.54. The van der Waals surface area contributed by atoms with Gasteiger partial charge in [-0.05, 0) is 72.8 Å². The third kappa shape index (κ3) is 3.24. The van der Waals surface area contributed by atoms with Crippen molar-refractivity contribution in [1.29, 1.82) is 0 Å². The second kappa shape index (κ2) is 8.48. The first-order valence-electron chi connectivity index (χ1n) is 9.83. The molecule has 0 atom stereocenters. The van der Waals surface area contributed by atoms with E-state index in [1.165, 1.54) is 0 Å². The first kappa shape index (κ1) is 21.6. The van der Waals surface area contributed by atoms with Gasteiger partial charge in [-0.15, -0.1) is 0 Å². The zero-order valence-corrected chi connectivity index (χ0v) is 18.8. The molecule has 0 unspecified atom stereocenters. The number of aromatic hydroxyl groups is 1. The molecule has 4 rings (SSSR count). The fourth-order valence-corrected chi connectivity index (χ4v) is 8.21. The van der Waals surface area contributed by atoms with Crippen LogP contribution in [-0.4, -0.2) is 26.4 Å². The molecule has 0 bridgehead atoms. The quantitative estimate of drug-likeness (QED) is 0.341. The molecule has 4 aromatic carbocycles. The van der Waals surface area contributed by atoms with Crippen LogP contribution in [0.2, 0.25) is 0 Å². The summed E-state index contributed by atoms with van der Waals surface area (Å²) in [6.45, 7) is 0. The number of ether oxygens (including phenoxy) is 3. The van der Waals surface area contributed by atoms with Gasteiger partial charge < -0.3 is 19.3 Å². The molecular weight excluding hydrogens is 427 g/mol. The number of hydrogen-bond acceptors (Lipinski definition) is 6. The van der Waals surface area contributed by atoms with Crippen molar-refractivity contribution in [1.82, 2.24) is 0 Å². The molecule has 162 valence electrons. The van der Waals surface area contributed by atoms with E-state index in [-0.39, 0.29) is 5.30 Å². The molecule has 0 heterocycles. The Hall–Kier alpha value is -3.63. The van der Waals surface area contributed by atoms with E-state index in [9.17, 15) is 14.7 Å². The van der Waals surface area contributed by atoms with Gasteiger partial charge >= 0.3 is 0 Å². The van der Waals surface area contributed by atoms with Crippen molar-refractivity contribution in [2.45, 2.75) is 0 Å². The molecule has 1 N–H and O–H groups in total. The molecule has 6 nitrogen and oxygen atoms in total. The Morgan fingerprint density at radius 3 is 1.12 bits per heavy atom. The van der Waals surface area contributed by atoms with Crippen LogP contribution in [-0.2, 0) is 0 Å². The molecule has 0 spiro atoms. The molecule has 0 aromatic heterocycles. The second-order valence-corrected chi connectivity index (χ2v) is 10.5. The van der Waals surface area contributed by atoms with Crippen molar-refractivity contribution in [2.75, 3.05) is 21.3 Å². The van der Waals surface area contributed by atoms with Gasteiger partial charge in [-0.1, -0.05) is 0 Å². The van der Waals surface area contributed by atoms with Gasteiger partial charge in [0, 0.05) is 0 Å². The molecule has 0 radical (unpaired) electrons. The summed E-state index contributed by atoms with van der Waals surface area (Å²) >= 11 is 0. The van der Waals surface area contributed by atoms with Crippen LogP contribution in [0.25, 0.3) is 0 Å². The van der Waals surface area contributed by atoms with Crippen molar-refractivity contribution in [3.05, 3.63) is 93.2 Å². The fourth-order valence-electron chi connectivity index (χ4n) is 3.93. The highest BCUT2D eigenvalue weighted by Gasteiger charge is 2.55. The van der Waals surface area contributed by atoms with Crippen LogP contribution in [0.5, 0.6) is 23.0 Å². The smallest absolute Gasteiger partial charge is 0.276 e. The van der Waals surface area contributed by atoms with Gasteiger partial charge in [0.05, 0.1) is 21.3 Å². The summed E-state index contributed by atoms with van der Waals surface area (Å²) in [6, 6.07) is 22.1. The molecule has 0 amide bonds. The highest BCUT2D eigenvalue weighted by atomic mass is 31.2. The van der Waals surface area contributed by atoms with Crippen molar-refractivity contribution < 1.29 is 19.3 Å². The average Bonchev–Trinajstić information content (AvgIpc) is 2.87. The van der Waals surface area contributed by atoms with Crippen molar-refractivity contribution in [2.24, 2.45) is 0 Å². The average molecular weight is 449 g/mol. The zero-order chi connectivity index (χ0) is 22.9. The van der Waals surface area contributed by atoms with Crippen molar-refractivity contribution >= 4 is 28.5 Å². The SMILES string of the molecule is COc1ccc([P+](c2ccc(OC)cc2)(c2ccc(OC)cc2)c2c(O)c(=O)c2=O)cc1. The summed E-state index contributed by atoms with van der Waals surface area (Å²) in [5, 5.41) is 13.2. The predicted molar refractivity (Wildman–Crippen MR) is 127 cm³/mol. The summed E-state index contributed by atoms with van der Waals surface area (Å²) in [4.78, 5) is 25.0. The first-order chi connectivity index (χ1) is 15.5. The van der Waals surface area contributed by atoms with Gasteiger partial charge in [0.1, 0.15) is 33.2 Å². The lowest BCUT2D eigenvalue weighted by atomic mass is 10.3. The number of benzene rings is 3. The molecule has 0 aliphatic rings. The van der Waals surface area contributed by atoms with Crippen LogP contribution in [0, 0.1) is 0 Å². The molecule has 32 heavy (non-hydrogen) atoms. The van der Waals surface area contributed by atoms with E-state index in [4.69, 9.17) is 14.2 Å². The van der Waals surface area contributed by atoms with E-state index in [1.54, 1.807) is 57.7 Å². The lowest BCUT2D eigenvalue weighted by Gasteiger charge is -2.28. The van der Waals surface area contributed by atoms with Gasteiger partial charge in [0.15, 0.2) is 7.26 Å². The molecular formula is C25H22O6P+. The van der Waals surface area contributed by atoms with E-state index in [1.807, 2.05) is 36.4 Å². The molecule has 4 aromatic rings. The minimum atomic E-state index is -2.91. The Labute approximate surface area is 185 Å². The number of hydrogen-bond donors (Lipinski definition) is 1. The van der Waals surface area contributed by atoms with Crippen LogP contribution in [0.3, 0.4) is 0 Å². The maximum atomic E-state index is 12.9. The Morgan fingerprint density at radius 1 is 0.562 bits per heavy atom. The second-order valence-electron chi connectivity index (χ2n) is 7.12. The number of methoxy groups -OCH3 is 3. The summed E-state index contributed by atoms with van der Waals surface area (Å²) in [5.41, 5.74) is -1.53.